The van der Waals surface area contributed by atoms with Crippen LogP contribution in [0.3, 0.4) is 0 Å². The van der Waals surface area contributed by atoms with Crippen LogP contribution in [0.2, 0.25) is 5.02 Å². The standard InChI is InChI=1S/C26H24ClF3N2O4/c1-13-22(25(34)32-19-11-14(26(28,29)30)7-10-17(19)27)23(24-18(31-13)5-4-6-20(24)33)16-9-8-15(35-2)12-21(16)36-3/h7-12,23,31H,4-6H2,1-3H3,(H,32,34)/t23-/m0/s1. The number of hydrogen-bond acceptors (Lipinski definition) is 5. The molecule has 0 fully saturated rings. The van der Waals surface area contributed by atoms with Crippen molar-refractivity contribution < 1.29 is 32.2 Å². The van der Waals surface area contributed by atoms with E-state index in [-0.39, 0.29) is 22.1 Å². The van der Waals surface area contributed by atoms with Gasteiger partial charge in [-0.3, -0.25) is 9.59 Å². The number of amides is 1. The highest BCUT2D eigenvalue weighted by atomic mass is 35.5. The van der Waals surface area contributed by atoms with E-state index in [0.29, 0.717) is 47.6 Å². The zero-order chi connectivity index (χ0) is 26.2. The molecule has 1 aliphatic heterocycles. The first-order chi connectivity index (χ1) is 17.0. The normalized spacial score (nSPS) is 18.0. The maximum atomic E-state index is 13.6. The number of Topliss-reactive ketones (excluding diaryl/α,β-unsaturated/α-hetero) is 1. The Morgan fingerprint density at radius 1 is 1.11 bits per heavy atom. The van der Waals surface area contributed by atoms with Crippen LogP contribution >= 0.6 is 11.6 Å². The third kappa shape index (κ3) is 4.80. The van der Waals surface area contributed by atoms with Crippen molar-refractivity contribution in [1.29, 1.82) is 0 Å². The van der Waals surface area contributed by atoms with Crippen molar-refractivity contribution in [3.63, 3.8) is 0 Å². The second kappa shape index (κ2) is 9.89. The maximum Gasteiger partial charge on any atom is 0.416 e. The Labute approximate surface area is 211 Å². The summed E-state index contributed by atoms with van der Waals surface area (Å²) in [6.45, 7) is 1.69. The molecule has 0 unspecified atom stereocenters. The lowest BCUT2D eigenvalue weighted by atomic mass is 9.74. The number of benzene rings is 2. The van der Waals surface area contributed by atoms with Gasteiger partial charge in [0.1, 0.15) is 11.5 Å². The number of ketones is 1. The van der Waals surface area contributed by atoms with E-state index >= 15 is 0 Å². The van der Waals surface area contributed by atoms with Crippen LogP contribution in [0.5, 0.6) is 11.5 Å². The van der Waals surface area contributed by atoms with Gasteiger partial charge in [0.15, 0.2) is 5.78 Å². The fraction of sp³-hybridized carbons (Fsp3) is 0.308. The summed E-state index contributed by atoms with van der Waals surface area (Å²) in [4.78, 5) is 26.7. The summed E-state index contributed by atoms with van der Waals surface area (Å²) < 4.78 is 50.7. The Morgan fingerprint density at radius 2 is 1.86 bits per heavy atom. The SMILES string of the molecule is COc1ccc([C@H]2C(C(=O)Nc3cc(C(F)(F)F)ccc3Cl)=C(C)NC3=C2C(=O)CCC3)c(OC)c1. The first kappa shape index (κ1) is 25.6. The Bertz CT molecular complexity index is 1300. The van der Waals surface area contributed by atoms with Crippen molar-refractivity contribution >= 4 is 29.0 Å². The van der Waals surface area contributed by atoms with Crippen LogP contribution in [-0.2, 0) is 15.8 Å². The molecular formula is C26H24ClF3N2O4. The molecule has 2 N–H and O–H groups in total. The monoisotopic (exact) mass is 520 g/mol. The van der Waals surface area contributed by atoms with Crippen molar-refractivity contribution in [2.45, 2.75) is 38.3 Å². The molecule has 1 aliphatic carbocycles. The lowest BCUT2D eigenvalue weighted by Crippen LogP contribution is -2.35. The predicted molar refractivity (Wildman–Crippen MR) is 129 cm³/mol. The number of halogens is 4. The summed E-state index contributed by atoms with van der Waals surface area (Å²) in [5, 5.41) is 5.65. The van der Waals surface area contributed by atoms with Crippen LogP contribution < -0.4 is 20.1 Å². The van der Waals surface area contributed by atoms with Crippen LogP contribution in [0, 0.1) is 0 Å². The van der Waals surface area contributed by atoms with Gasteiger partial charge in [-0.15, -0.1) is 0 Å². The van der Waals surface area contributed by atoms with Crippen LogP contribution in [0.1, 0.15) is 43.2 Å². The van der Waals surface area contributed by atoms with Crippen molar-refractivity contribution in [2.24, 2.45) is 0 Å². The van der Waals surface area contributed by atoms with E-state index < -0.39 is 23.6 Å². The van der Waals surface area contributed by atoms with Crippen molar-refractivity contribution in [2.75, 3.05) is 19.5 Å². The molecule has 2 aromatic carbocycles. The molecule has 1 atom stereocenters. The lowest BCUT2D eigenvalue weighted by molar-refractivity contribution is -0.137. The minimum Gasteiger partial charge on any atom is -0.497 e. The quantitative estimate of drug-likeness (QED) is 0.507. The number of dihydropyridines is 1. The number of methoxy groups -OCH3 is 2. The number of carbonyl (C=O) groups excluding carboxylic acids is 2. The van der Waals surface area contributed by atoms with Crippen LogP contribution in [0.25, 0.3) is 0 Å². The summed E-state index contributed by atoms with van der Waals surface area (Å²) in [5.74, 6) is -0.673. The molecule has 0 saturated carbocycles. The number of nitrogens with one attached hydrogen (secondary N) is 2. The van der Waals surface area contributed by atoms with Crippen LogP contribution in [0.4, 0.5) is 18.9 Å². The molecule has 0 bridgehead atoms. The van der Waals surface area contributed by atoms with Crippen molar-refractivity contribution in [3.05, 3.63) is 75.1 Å². The summed E-state index contributed by atoms with van der Waals surface area (Å²) in [6.07, 6.45) is -2.99. The summed E-state index contributed by atoms with van der Waals surface area (Å²) >= 11 is 6.12. The van der Waals surface area contributed by atoms with Gasteiger partial charge in [0.05, 0.1) is 36.4 Å². The molecule has 10 heteroatoms. The number of allylic oxidation sites excluding steroid dienone is 3. The molecule has 36 heavy (non-hydrogen) atoms. The van der Waals surface area contributed by atoms with E-state index in [1.807, 2.05) is 0 Å². The van der Waals surface area contributed by atoms with Gasteiger partial charge in [-0.25, -0.2) is 0 Å². The fourth-order valence-corrected chi connectivity index (χ4v) is 4.80. The first-order valence-electron chi connectivity index (χ1n) is 11.2. The van der Waals surface area contributed by atoms with Crippen LogP contribution in [-0.4, -0.2) is 25.9 Å². The van der Waals surface area contributed by atoms with Gasteiger partial charge in [-0.1, -0.05) is 17.7 Å². The molecule has 6 nitrogen and oxygen atoms in total. The highest BCUT2D eigenvalue weighted by molar-refractivity contribution is 6.34. The number of carbonyl (C=O) groups is 2. The van der Waals surface area contributed by atoms with Gasteiger partial charge < -0.3 is 20.1 Å². The number of alkyl halides is 3. The number of anilines is 1. The zero-order valence-electron chi connectivity index (χ0n) is 19.8. The van der Waals surface area contributed by atoms with E-state index in [9.17, 15) is 22.8 Å². The molecule has 2 aromatic rings. The van der Waals surface area contributed by atoms with Crippen molar-refractivity contribution in [1.82, 2.24) is 5.32 Å². The lowest BCUT2D eigenvalue weighted by Gasteiger charge is -2.35. The van der Waals surface area contributed by atoms with E-state index in [0.717, 1.165) is 23.9 Å². The fourth-order valence-electron chi connectivity index (χ4n) is 4.64. The predicted octanol–water partition coefficient (Wildman–Crippen LogP) is 5.98. The Balaban J connectivity index is 1.83. The van der Waals surface area contributed by atoms with Gasteiger partial charge in [0.25, 0.3) is 5.91 Å². The molecule has 2 aliphatic rings. The summed E-state index contributed by atoms with van der Waals surface area (Å²) in [5.41, 5.74) is 1.24. The smallest absolute Gasteiger partial charge is 0.416 e. The van der Waals surface area contributed by atoms with Crippen LogP contribution in [0.15, 0.2) is 58.9 Å². The zero-order valence-corrected chi connectivity index (χ0v) is 20.6. The molecule has 0 aromatic heterocycles. The molecule has 0 saturated heterocycles. The van der Waals surface area contributed by atoms with Crippen molar-refractivity contribution in [3.8, 4) is 11.5 Å². The van der Waals surface area contributed by atoms with Gasteiger partial charge in [-0.05, 0) is 44.0 Å². The van der Waals surface area contributed by atoms with E-state index in [1.165, 1.54) is 14.2 Å². The highest BCUT2D eigenvalue weighted by Gasteiger charge is 2.40. The number of rotatable bonds is 5. The Kier molecular flexibility index (Phi) is 7.04. The molecular weight excluding hydrogens is 497 g/mol. The molecule has 1 heterocycles. The Hall–Kier alpha value is -3.46. The largest absolute Gasteiger partial charge is 0.497 e. The topological polar surface area (TPSA) is 76.7 Å². The molecule has 4 rings (SSSR count). The minimum atomic E-state index is -4.61. The Morgan fingerprint density at radius 3 is 2.53 bits per heavy atom. The number of ether oxygens (including phenoxy) is 2. The maximum absolute atomic E-state index is 13.6. The van der Waals surface area contributed by atoms with E-state index in [2.05, 4.69) is 10.6 Å². The summed E-state index contributed by atoms with van der Waals surface area (Å²) in [6, 6.07) is 7.77. The number of hydrogen-bond donors (Lipinski definition) is 2. The first-order valence-corrected chi connectivity index (χ1v) is 11.6. The highest BCUT2D eigenvalue weighted by Crippen LogP contribution is 2.46. The minimum absolute atomic E-state index is 0.0504. The second-order valence-electron chi connectivity index (χ2n) is 8.52. The molecule has 1 amide bonds. The third-order valence-corrected chi connectivity index (χ3v) is 6.64. The molecule has 190 valence electrons. The third-order valence-electron chi connectivity index (χ3n) is 6.31. The average Bonchev–Trinajstić information content (AvgIpc) is 2.83. The molecule has 0 spiro atoms. The molecule has 0 radical (unpaired) electrons. The van der Waals surface area contributed by atoms with Gasteiger partial charge in [0, 0.05) is 40.6 Å². The second-order valence-corrected chi connectivity index (χ2v) is 8.93. The average molecular weight is 521 g/mol. The van der Waals surface area contributed by atoms with E-state index in [1.54, 1.807) is 25.1 Å². The van der Waals surface area contributed by atoms with Gasteiger partial charge in [-0.2, -0.15) is 13.2 Å². The van der Waals surface area contributed by atoms with Gasteiger partial charge >= 0.3 is 6.18 Å². The van der Waals surface area contributed by atoms with E-state index in [4.69, 9.17) is 21.1 Å². The summed E-state index contributed by atoms with van der Waals surface area (Å²) in [7, 11) is 2.97. The van der Waals surface area contributed by atoms with Gasteiger partial charge in [0.2, 0.25) is 0 Å².